The minimum Gasteiger partial charge on any atom is -0.370 e. The number of carbonyl (C=O) groups is 2. The molecule has 0 bridgehead atoms. The predicted octanol–water partition coefficient (Wildman–Crippen LogP) is 2.85. The molecule has 148 valence electrons. The van der Waals surface area contributed by atoms with Crippen molar-refractivity contribution < 1.29 is 9.59 Å². The van der Waals surface area contributed by atoms with Crippen LogP contribution in [-0.2, 0) is 6.42 Å². The van der Waals surface area contributed by atoms with Gasteiger partial charge in [-0.25, -0.2) is 4.98 Å². The number of carbonyl (C=O) groups excluding carboxylic acids is 2. The first-order valence-corrected chi connectivity index (χ1v) is 11.3. The van der Waals surface area contributed by atoms with Crippen LogP contribution in [-0.4, -0.2) is 52.8 Å². The fraction of sp³-hybridized carbons (Fsp3) is 0.368. The number of aliphatic imine (C=N–C) groups is 1. The highest BCUT2D eigenvalue weighted by molar-refractivity contribution is 7.98. The van der Waals surface area contributed by atoms with Crippen LogP contribution < -0.4 is 11.1 Å². The van der Waals surface area contributed by atoms with Crippen LogP contribution in [0.25, 0.3) is 0 Å². The van der Waals surface area contributed by atoms with Crippen LogP contribution in [0.5, 0.6) is 0 Å². The number of anilines is 1. The van der Waals surface area contributed by atoms with Crippen LogP contribution in [0.15, 0.2) is 34.6 Å². The van der Waals surface area contributed by atoms with Crippen LogP contribution in [0.1, 0.15) is 39.3 Å². The Labute approximate surface area is 172 Å². The van der Waals surface area contributed by atoms with E-state index >= 15 is 0 Å². The van der Waals surface area contributed by atoms with Crippen molar-refractivity contribution in [3.8, 4) is 0 Å². The van der Waals surface area contributed by atoms with Gasteiger partial charge in [-0.05, 0) is 37.7 Å². The Bertz CT molecular complexity index is 846. The molecule has 9 heteroatoms. The number of aryl methyl sites for hydroxylation is 1. The Kier molecular flexibility index (Phi) is 7.05. The lowest BCUT2D eigenvalue weighted by Crippen LogP contribution is -2.30. The number of nitrogens with one attached hydrogen (secondary N) is 1. The molecule has 1 aliphatic heterocycles. The predicted molar refractivity (Wildman–Crippen MR) is 115 cm³/mol. The summed E-state index contributed by atoms with van der Waals surface area (Å²) in [6.45, 7) is 1.10. The van der Waals surface area contributed by atoms with E-state index < -0.39 is 0 Å². The summed E-state index contributed by atoms with van der Waals surface area (Å²) < 4.78 is 0. The molecular weight excluding hydrogens is 394 g/mol. The van der Waals surface area contributed by atoms with Crippen LogP contribution in [0.4, 0.5) is 5.13 Å². The highest BCUT2D eigenvalue weighted by atomic mass is 32.2. The number of aromatic nitrogens is 1. The van der Waals surface area contributed by atoms with E-state index in [0.29, 0.717) is 30.2 Å². The fourth-order valence-electron chi connectivity index (χ4n) is 2.90. The number of fused-ring (bicyclic) bond motifs is 1. The summed E-state index contributed by atoms with van der Waals surface area (Å²) in [4.78, 5) is 34.7. The standard InChI is InChI=1S/C19H23N5O2S2/c1-27-11-9-21-18(20)23-19-22-13(12-28-19)6-4-5-10-24-16(25)14-7-2-3-8-15(14)17(24)26/h2-3,7-8,12H,4-6,9-11H2,1H3,(H3,20,21,22,23). The molecule has 0 atom stereocenters. The fourth-order valence-corrected chi connectivity index (χ4v) is 3.93. The molecular formula is C19H23N5O2S2. The number of unbranched alkanes of at least 4 members (excludes halogenated alkanes) is 1. The van der Waals surface area contributed by atoms with Crippen molar-refractivity contribution in [2.24, 2.45) is 10.7 Å². The zero-order valence-electron chi connectivity index (χ0n) is 15.7. The second-order valence-corrected chi connectivity index (χ2v) is 8.14. The number of rotatable bonds is 9. The average molecular weight is 418 g/mol. The van der Waals surface area contributed by atoms with Crippen molar-refractivity contribution in [1.29, 1.82) is 0 Å². The van der Waals surface area contributed by atoms with E-state index in [-0.39, 0.29) is 11.8 Å². The molecule has 0 spiro atoms. The number of nitrogens with zero attached hydrogens (tertiary/aromatic N) is 3. The number of thiazole rings is 1. The molecule has 0 unspecified atom stereocenters. The Morgan fingerprint density at radius 2 is 1.96 bits per heavy atom. The molecule has 1 aromatic carbocycles. The third-order valence-electron chi connectivity index (χ3n) is 4.31. The Morgan fingerprint density at radius 3 is 2.64 bits per heavy atom. The third-order valence-corrected chi connectivity index (χ3v) is 5.70. The number of thioether (sulfide) groups is 1. The van der Waals surface area contributed by atoms with Gasteiger partial charge in [-0.3, -0.25) is 19.5 Å². The number of hydrogen-bond acceptors (Lipinski definition) is 6. The molecule has 0 saturated carbocycles. The molecule has 1 aliphatic rings. The van der Waals surface area contributed by atoms with Crippen LogP contribution in [0.3, 0.4) is 0 Å². The number of amides is 2. The second kappa shape index (κ2) is 9.70. The van der Waals surface area contributed by atoms with Crippen molar-refractivity contribution in [3.63, 3.8) is 0 Å². The SMILES string of the molecule is CSCCN=C(N)Nc1nc(CCCCN2C(=O)c3ccccc3C2=O)cs1. The zero-order valence-corrected chi connectivity index (χ0v) is 17.3. The summed E-state index contributed by atoms with van der Waals surface area (Å²) in [6, 6.07) is 6.97. The van der Waals surface area contributed by atoms with E-state index in [1.54, 1.807) is 36.0 Å². The lowest BCUT2D eigenvalue weighted by molar-refractivity contribution is 0.0652. The van der Waals surface area contributed by atoms with Crippen molar-refractivity contribution >= 4 is 46.0 Å². The minimum atomic E-state index is -0.197. The Balaban J connectivity index is 1.43. The van der Waals surface area contributed by atoms with Gasteiger partial charge < -0.3 is 11.1 Å². The van der Waals surface area contributed by atoms with Gasteiger partial charge in [0.25, 0.3) is 11.8 Å². The summed E-state index contributed by atoms with van der Waals surface area (Å²) >= 11 is 3.21. The molecule has 0 radical (unpaired) electrons. The molecule has 0 saturated heterocycles. The highest BCUT2D eigenvalue weighted by Gasteiger charge is 2.34. The normalized spacial score (nSPS) is 13.9. The first kappa shape index (κ1) is 20.3. The van der Waals surface area contributed by atoms with Crippen molar-refractivity contribution in [3.05, 3.63) is 46.5 Å². The summed E-state index contributed by atoms with van der Waals surface area (Å²) in [5.74, 6) is 0.910. The maximum Gasteiger partial charge on any atom is 0.261 e. The third kappa shape index (κ3) is 4.90. The van der Waals surface area contributed by atoms with Gasteiger partial charge in [0, 0.05) is 17.7 Å². The number of nitrogens with two attached hydrogens (primary N) is 1. The average Bonchev–Trinajstić information content (AvgIpc) is 3.23. The van der Waals surface area contributed by atoms with E-state index in [2.05, 4.69) is 15.3 Å². The van der Waals surface area contributed by atoms with Gasteiger partial charge in [-0.1, -0.05) is 12.1 Å². The number of imide groups is 1. The molecule has 28 heavy (non-hydrogen) atoms. The Morgan fingerprint density at radius 1 is 1.25 bits per heavy atom. The molecule has 2 heterocycles. The lowest BCUT2D eigenvalue weighted by Gasteiger charge is -2.13. The summed E-state index contributed by atoms with van der Waals surface area (Å²) in [7, 11) is 0. The van der Waals surface area contributed by atoms with E-state index in [0.717, 1.165) is 35.8 Å². The van der Waals surface area contributed by atoms with Gasteiger partial charge in [0.15, 0.2) is 11.1 Å². The van der Waals surface area contributed by atoms with Gasteiger partial charge in [-0.15, -0.1) is 11.3 Å². The summed E-state index contributed by atoms with van der Waals surface area (Å²) in [5, 5.41) is 5.71. The first-order chi connectivity index (χ1) is 13.6. The van der Waals surface area contributed by atoms with Crippen LogP contribution in [0.2, 0.25) is 0 Å². The maximum atomic E-state index is 12.3. The molecule has 0 fully saturated rings. The lowest BCUT2D eigenvalue weighted by atomic mass is 10.1. The van der Waals surface area contributed by atoms with E-state index in [9.17, 15) is 9.59 Å². The molecule has 2 aromatic rings. The topological polar surface area (TPSA) is 101 Å². The summed E-state index contributed by atoms with van der Waals surface area (Å²) in [6.07, 6.45) is 4.39. The maximum absolute atomic E-state index is 12.3. The largest absolute Gasteiger partial charge is 0.370 e. The van der Waals surface area contributed by atoms with Gasteiger partial charge in [0.05, 0.1) is 23.4 Å². The number of hydrogen-bond donors (Lipinski definition) is 2. The molecule has 3 rings (SSSR count). The van der Waals surface area contributed by atoms with Crippen LogP contribution >= 0.6 is 23.1 Å². The van der Waals surface area contributed by atoms with Gasteiger partial charge >= 0.3 is 0 Å². The molecule has 0 aliphatic carbocycles. The quantitative estimate of drug-likeness (QED) is 0.282. The van der Waals surface area contributed by atoms with Gasteiger partial charge in [0.2, 0.25) is 0 Å². The van der Waals surface area contributed by atoms with Crippen molar-refractivity contribution in [2.75, 3.05) is 30.4 Å². The molecule has 7 nitrogen and oxygen atoms in total. The second-order valence-electron chi connectivity index (χ2n) is 6.29. The van der Waals surface area contributed by atoms with Gasteiger partial charge in [-0.2, -0.15) is 11.8 Å². The minimum absolute atomic E-state index is 0.197. The molecule has 1 aromatic heterocycles. The number of guanidine groups is 1. The van der Waals surface area contributed by atoms with E-state index in [4.69, 9.17) is 5.73 Å². The smallest absolute Gasteiger partial charge is 0.261 e. The van der Waals surface area contributed by atoms with Crippen molar-refractivity contribution in [1.82, 2.24) is 9.88 Å². The monoisotopic (exact) mass is 417 g/mol. The van der Waals surface area contributed by atoms with E-state index in [1.807, 2.05) is 11.6 Å². The van der Waals surface area contributed by atoms with Crippen LogP contribution in [0, 0.1) is 0 Å². The van der Waals surface area contributed by atoms with Gasteiger partial charge in [0.1, 0.15) is 0 Å². The molecule has 3 N–H and O–H groups in total. The summed E-state index contributed by atoms with van der Waals surface area (Å²) in [5.41, 5.74) is 7.80. The number of benzene rings is 1. The van der Waals surface area contributed by atoms with Crippen molar-refractivity contribution in [2.45, 2.75) is 19.3 Å². The zero-order chi connectivity index (χ0) is 19.9. The Hall–Kier alpha value is -2.39. The first-order valence-electron chi connectivity index (χ1n) is 9.05. The van der Waals surface area contributed by atoms with E-state index in [1.165, 1.54) is 16.2 Å². The highest BCUT2D eigenvalue weighted by Crippen LogP contribution is 2.23. The molecule has 2 amide bonds.